The van der Waals surface area contributed by atoms with E-state index in [0.717, 1.165) is 25.0 Å². The first-order valence-electron chi connectivity index (χ1n) is 32.0. The summed E-state index contributed by atoms with van der Waals surface area (Å²) in [6, 6.07) is -3.16. The second kappa shape index (κ2) is 28.7. The van der Waals surface area contributed by atoms with Crippen molar-refractivity contribution in [1.82, 2.24) is 10.6 Å². The minimum atomic E-state index is -2.01. The lowest BCUT2D eigenvalue weighted by Crippen LogP contribution is -2.69. The van der Waals surface area contributed by atoms with Crippen molar-refractivity contribution in [3.05, 3.63) is 22.8 Å². The van der Waals surface area contributed by atoms with E-state index in [1.807, 2.05) is 34.6 Å². The maximum atomic E-state index is 14.4. The molecule has 0 bridgehead atoms. The first-order chi connectivity index (χ1) is 43.2. The summed E-state index contributed by atoms with van der Waals surface area (Å²) in [5, 5.41) is 161. The molecule has 31 atom stereocenters. The van der Waals surface area contributed by atoms with Crippen LogP contribution in [0.4, 0.5) is 0 Å². The Hall–Kier alpha value is -3.20. The third kappa shape index (κ3) is 13.7. The standard InChI is InChI=1S/C62H98N2O28/c1-24(2)16-28(70)17-25(3)30-18-31(71)39-29-10-11-37-59(6,7)38(12-13-61(37,9)62(29,82)15-14-60(30,39)8)90-58-52(46(76)36(23-84-58)89-54-40(63-26(4)68)47(77)42(72)32(19-65)85-54)91-55-41(64-27(5)69)48(78)45(75)35(88-55)22-83-57-53(50(80)44(74)34(21-67)87-57)92-56-51(81)49(79)43(73)33(20-66)86-56/h16,25,30,32-38,40-58,65-67,72-82H,10-15,17-23H2,1-9H3,(H,63,68)(H,64,69)/t25-,30-,32-,33-,34-,35-,36-,37+,38+,40-,41-,42+,43-,44-,45-,46+,47-,48-,49+,50+,51-,52-,53-,54+,55+,56+,57-,58+,60-,61+,62-/m1/s1. The Morgan fingerprint density at radius 1 is 0.609 bits per heavy atom. The van der Waals surface area contributed by atoms with E-state index in [9.17, 15) is 90.7 Å². The second-order valence-electron chi connectivity index (χ2n) is 28.2. The molecule has 30 nitrogen and oxygen atoms in total. The number of ether oxygens (including phenoxy) is 10. The van der Waals surface area contributed by atoms with Crippen LogP contribution in [0, 0.1) is 34.0 Å². The van der Waals surface area contributed by atoms with Crippen molar-refractivity contribution in [1.29, 1.82) is 0 Å². The van der Waals surface area contributed by atoms with Crippen LogP contribution in [0.25, 0.3) is 0 Å². The fraction of sp³-hybridized carbons (Fsp3) is 0.871. The van der Waals surface area contributed by atoms with Crippen molar-refractivity contribution in [2.45, 2.75) is 273 Å². The Bertz CT molecular complexity index is 2680. The minimum absolute atomic E-state index is 0.00316. The highest BCUT2D eigenvalue weighted by Crippen LogP contribution is 2.69. The topological polar surface area (TPSA) is 468 Å². The minimum Gasteiger partial charge on any atom is -0.394 e. The lowest BCUT2D eigenvalue weighted by atomic mass is 9.42. The highest BCUT2D eigenvalue weighted by Gasteiger charge is 2.68. The van der Waals surface area contributed by atoms with Gasteiger partial charge in [0.2, 0.25) is 11.8 Å². The summed E-state index contributed by atoms with van der Waals surface area (Å²) in [5.74, 6) is -1.91. The number of aliphatic hydroxyl groups is 14. The lowest BCUT2D eigenvalue weighted by Gasteiger charge is -2.65. The zero-order chi connectivity index (χ0) is 67.6. The number of aliphatic hydroxyl groups excluding tert-OH is 13. The van der Waals surface area contributed by atoms with Gasteiger partial charge < -0.3 is 129 Å². The van der Waals surface area contributed by atoms with Crippen LogP contribution in [-0.2, 0) is 66.5 Å². The number of hydrogen-bond donors (Lipinski definition) is 16. The summed E-state index contributed by atoms with van der Waals surface area (Å²) >= 11 is 0. The van der Waals surface area contributed by atoms with Crippen molar-refractivity contribution in [2.24, 2.45) is 34.0 Å². The van der Waals surface area contributed by atoms with E-state index < -0.39 is 220 Å². The Labute approximate surface area is 533 Å². The molecular formula is C62H98N2O28. The van der Waals surface area contributed by atoms with E-state index in [1.165, 1.54) is 0 Å². The van der Waals surface area contributed by atoms with E-state index in [2.05, 4.69) is 24.5 Å². The molecule has 524 valence electrons. The van der Waals surface area contributed by atoms with Gasteiger partial charge in [0.25, 0.3) is 0 Å². The Morgan fingerprint density at radius 3 is 1.72 bits per heavy atom. The van der Waals surface area contributed by atoms with Gasteiger partial charge in [-0.3, -0.25) is 19.2 Å². The number of allylic oxidation sites excluding steroid dienone is 3. The predicted molar refractivity (Wildman–Crippen MR) is 311 cm³/mol. The molecule has 2 amide bonds. The molecular weight excluding hydrogens is 1220 g/mol. The Kier molecular flexibility index (Phi) is 22.8. The van der Waals surface area contributed by atoms with Gasteiger partial charge in [0.05, 0.1) is 44.7 Å². The van der Waals surface area contributed by atoms with Gasteiger partial charge in [-0.25, -0.2) is 0 Å². The Morgan fingerprint density at radius 2 is 1.13 bits per heavy atom. The number of carbonyl (C=O) groups is 4. The van der Waals surface area contributed by atoms with Crippen molar-refractivity contribution in [3.8, 4) is 0 Å². The van der Waals surface area contributed by atoms with E-state index in [-0.39, 0.29) is 42.2 Å². The van der Waals surface area contributed by atoms with Crippen LogP contribution in [0.3, 0.4) is 0 Å². The van der Waals surface area contributed by atoms with Crippen molar-refractivity contribution in [2.75, 3.05) is 33.0 Å². The number of carbonyl (C=O) groups excluding carboxylic acids is 4. The molecule has 0 aromatic carbocycles. The van der Waals surface area contributed by atoms with Gasteiger partial charge in [-0.2, -0.15) is 0 Å². The quantitative estimate of drug-likeness (QED) is 0.0404. The molecule has 30 heteroatoms. The number of amides is 2. The Balaban J connectivity index is 1.00. The summed E-state index contributed by atoms with van der Waals surface area (Å²) in [6.45, 7) is 12.2. The fourth-order valence-corrected chi connectivity index (χ4v) is 16.7. The number of fused-ring (bicyclic) bond motifs is 4. The third-order valence-corrected chi connectivity index (χ3v) is 21.6. The van der Waals surface area contributed by atoms with Crippen molar-refractivity contribution < 1.29 is 138 Å². The summed E-state index contributed by atoms with van der Waals surface area (Å²) in [7, 11) is 0. The first kappa shape index (κ1) is 73.1. The summed E-state index contributed by atoms with van der Waals surface area (Å²) in [6.07, 6.45) is -35.3. The molecule has 16 N–H and O–H groups in total. The lowest BCUT2D eigenvalue weighted by molar-refractivity contribution is -0.380. The summed E-state index contributed by atoms with van der Waals surface area (Å²) in [4.78, 5) is 52.8. The molecule has 9 aliphatic rings. The molecule has 0 unspecified atom stereocenters. The molecule has 92 heavy (non-hydrogen) atoms. The van der Waals surface area contributed by atoms with Crippen LogP contribution in [0.1, 0.15) is 114 Å². The number of rotatable bonds is 20. The molecule has 0 aromatic rings. The molecule has 0 radical (unpaired) electrons. The van der Waals surface area contributed by atoms with Crippen LogP contribution in [0.15, 0.2) is 22.8 Å². The molecule has 4 aliphatic carbocycles. The third-order valence-electron chi connectivity index (χ3n) is 21.6. The van der Waals surface area contributed by atoms with Crippen molar-refractivity contribution >= 4 is 23.4 Å². The van der Waals surface area contributed by atoms with E-state index in [0.29, 0.717) is 44.1 Å². The highest BCUT2D eigenvalue weighted by molar-refractivity contribution is 6.01. The SMILES string of the molecule is CC(=O)N[C@H]1[C@H](O[C@@H]2CO[C@@H](O[C@H]3CC[C@@]4(C)[C@@H](CCC5=C6C(=O)C[C@H]([C@H](C)CC(=O)C=C(C)C)[C@@]6(C)CC[C@@]54O)C3(C)C)[C@H](O[C@@H]3O[C@H](CO[C@@H]4O[C@H](CO)[C@@H](O)[C@H](O)[C@H]4O[C@@H]4O[C@H](CO)[C@@H](O)[C@H](O)[C@H]4O)[C@@H](O)[C@H](O)[C@H]3NC(C)=O)[C@H]2O)O[C@H](CO)[C@H](O)[C@@H]1O. The summed E-state index contributed by atoms with van der Waals surface area (Å²) < 4.78 is 61.5. The van der Waals surface area contributed by atoms with Crippen LogP contribution >= 0.6 is 0 Å². The molecule has 9 rings (SSSR count). The van der Waals surface area contributed by atoms with Gasteiger partial charge in [0, 0.05) is 37.7 Å². The first-order valence-corrected chi connectivity index (χ1v) is 32.0. The number of ketones is 2. The second-order valence-corrected chi connectivity index (χ2v) is 28.2. The van der Waals surface area contributed by atoms with Gasteiger partial charge in [-0.1, -0.05) is 40.2 Å². The average Bonchev–Trinajstić information content (AvgIpc) is 0.905. The maximum Gasteiger partial charge on any atom is 0.217 e. The zero-order valence-electron chi connectivity index (χ0n) is 53.4. The van der Waals surface area contributed by atoms with Crippen LogP contribution in [0.2, 0.25) is 0 Å². The largest absolute Gasteiger partial charge is 0.394 e. The van der Waals surface area contributed by atoms with E-state index >= 15 is 0 Å². The number of Topliss-reactive ketones (excluding diaryl/α,β-unsaturated/α-hetero) is 1. The summed E-state index contributed by atoms with van der Waals surface area (Å²) in [5.41, 5.74) is -1.27. The van der Waals surface area contributed by atoms with E-state index in [4.69, 9.17) is 47.4 Å². The highest BCUT2D eigenvalue weighted by atomic mass is 16.8. The molecule has 5 heterocycles. The maximum absolute atomic E-state index is 14.4. The van der Waals surface area contributed by atoms with Crippen LogP contribution < -0.4 is 10.6 Å². The van der Waals surface area contributed by atoms with Gasteiger partial charge in [-0.05, 0) is 92.6 Å². The average molecular weight is 1320 g/mol. The van der Waals surface area contributed by atoms with Gasteiger partial charge >= 0.3 is 0 Å². The van der Waals surface area contributed by atoms with Gasteiger partial charge in [-0.15, -0.1) is 0 Å². The smallest absolute Gasteiger partial charge is 0.217 e. The number of hydrogen-bond acceptors (Lipinski definition) is 28. The normalized spacial score (nSPS) is 47.3. The molecule has 0 aromatic heterocycles. The zero-order valence-corrected chi connectivity index (χ0v) is 53.4. The van der Waals surface area contributed by atoms with Gasteiger partial charge in [0.15, 0.2) is 43.0 Å². The van der Waals surface area contributed by atoms with Gasteiger partial charge in [0.1, 0.15) is 116 Å². The number of nitrogens with one attached hydrogen (secondary N) is 2. The van der Waals surface area contributed by atoms with E-state index in [1.54, 1.807) is 6.08 Å². The molecule has 0 spiro atoms. The van der Waals surface area contributed by atoms with Crippen LogP contribution in [-0.4, -0.2) is 287 Å². The van der Waals surface area contributed by atoms with Crippen LogP contribution in [0.5, 0.6) is 0 Å². The molecule has 5 aliphatic heterocycles. The molecule has 8 fully saturated rings. The molecule has 3 saturated carbocycles. The predicted octanol–water partition coefficient (Wildman–Crippen LogP) is -4.39. The molecule has 5 saturated heterocycles. The fourth-order valence-electron chi connectivity index (χ4n) is 16.7. The van der Waals surface area contributed by atoms with Crippen molar-refractivity contribution in [3.63, 3.8) is 0 Å². The monoisotopic (exact) mass is 1320 g/mol.